The van der Waals surface area contributed by atoms with Gasteiger partial charge in [-0.3, -0.25) is 0 Å². The number of morpholine rings is 1. The molecule has 0 bridgehead atoms. The first-order chi connectivity index (χ1) is 9.51. The molecule has 1 saturated heterocycles. The van der Waals surface area contributed by atoms with E-state index in [1.165, 1.54) is 18.4 Å². The van der Waals surface area contributed by atoms with Crippen molar-refractivity contribution in [1.29, 1.82) is 0 Å². The number of hydrogen-bond acceptors (Lipinski definition) is 5. The average Bonchev–Trinajstić information content (AvgIpc) is 2.84. The van der Waals surface area contributed by atoms with Gasteiger partial charge in [-0.1, -0.05) is 0 Å². The third-order valence-corrected chi connectivity index (χ3v) is 3.88. The van der Waals surface area contributed by atoms with Gasteiger partial charge in [-0.15, -0.1) is 11.3 Å². The molecule has 2 amide bonds. The molecule has 1 fully saturated rings. The molecule has 1 aromatic heterocycles. The maximum Gasteiger partial charge on any atom is 0.350 e. The Morgan fingerprint density at radius 1 is 1.40 bits per heavy atom. The van der Waals surface area contributed by atoms with Crippen LogP contribution in [0.3, 0.4) is 0 Å². The van der Waals surface area contributed by atoms with E-state index in [1.807, 2.05) is 13.8 Å². The molecule has 6 nitrogen and oxygen atoms in total. The zero-order valence-corrected chi connectivity index (χ0v) is 12.5. The molecule has 0 saturated carbocycles. The van der Waals surface area contributed by atoms with Crippen LogP contribution < -0.4 is 5.32 Å². The Labute approximate surface area is 121 Å². The van der Waals surface area contributed by atoms with Gasteiger partial charge < -0.3 is 19.7 Å². The summed E-state index contributed by atoms with van der Waals surface area (Å²) in [7, 11) is 1.32. The summed E-state index contributed by atoms with van der Waals surface area (Å²) in [5.74, 6) is -0.445. The molecule has 2 atom stereocenters. The summed E-state index contributed by atoms with van der Waals surface area (Å²) in [6.45, 7) is 4.93. The third-order valence-electron chi connectivity index (χ3n) is 2.98. The van der Waals surface area contributed by atoms with Crippen molar-refractivity contribution in [3.63, 3.8) is 0 Å². The van der Waals surface area contributed by atoms with Gasteiger partial charge in [0.1, 0.15) is 4.88 Å². The lowest BCUT2D eigenvalue weighted by Gasteiger charge is -2.35. The van der Waals surface area contributed by atoms with Gasteiger partial charge in [0.15, 0.2) is 0 Å². The number of rotatable bonds is 2. The van der Waals surface area contributed by atoms with Crippen LogP contribution >= 0.6 is 11.3 Å². The van der Waals surface area contributed by atoms with Crippen LogP contribution in [-0.4, -0.2) is 49.3 Å². The molecule has 0 radical (unpaired) electrons. The average molecular weight is 298 g/mol. The molecular weight excluding hydrogens is 280 g/mol. The summed E-state index contributed by atoms with van der Waals surface area (Å²) < 4.78 is 10.3. The molecule has 110 valence electrons. The molecular formula is C13H18N2O4S. The fourth-order valence-electron chi connectivity index (χ4n) is 2.20. The van der Waals surface area contributed by atoms with Crippen molar-refractivity contribution in [3.8, 4) is 0 Å². The van der Waals surface area contributed by atoms with E-state index in [0.29, 0.717) is 23.7 Å². The number of anilines is 1. The SMILES string of the molecule is COC(=O)c1sccc1NC(=O)N1C[C@@H](C)O[C@H](C)C1. The van der Waals surface area contributed by atoms with Crippen LogP contribution in [0.4, 0.5) is 10.5 Å². The van der Waals surface area contributed by atoms with Gasteiger partial charge in [0.05, 0.1) is 25.0 Å². The maximum absolute atomic E-state index is 12.2. The van der Waals surface area contributed by atoms with Gasteiger partial charge >= 0.3 is 12.0 Å². The molecule has 1 aliphatic rings. The predicted molar refractivity (Wildman–Crippen MR) is 76.3 cm³/mol. The van der Waals surface area contributed by atoms with Crippen molar-refractivity contribution in [3.05, 3.63) is 16.3 Å². The maximum atomic E-state index is 12.2. The van der Waals surface area contributed by atoms with Crippen LogP contribution in [0.1, 0.15) is 23.5 Å². The Bertz CT molecular complexity index is 492. The molecule has 7 heteroatoms. The first-order valence-corrected chi connectivity index (χ1v) is 7.26. The number of methoxy groups -OCH3 is 1. The molecule has 20 heavy (non-hydrogen) atoms. The summed E-state index contributed by atoms with van der Waals surface area (Å²) >= 11 is 1.24. The second kappa shape index (κ2) is 6.23. The Morgan fingerprint density at radius 3 is 2.65 bits per heavy atom. The molecule has 2 heterocycles. The molecule has 2 rings (SSSR count). The Hall–Kier alpha value is -1.60. The first-order valence-electron chi connectivity index (χ1n) is 6.38. The van der Waals surface area contributed by atoms with Crippen molar-refractivity contribution in [2.45, 2.75) is 26.1 Å². The second-order valence-corrected chi connectivity index (χ2v) is 5.66. The highest BCUT2D eigenvalue weighted by Gasteiger charge is 2.27. The van der Waals surface area contributed by atoms with Crippen LogP contribution in [0.15, 0.2) is 11.4 Å². The molecule has 1 aromatic rings. The standard InChI is InChI=1S/C13H18N2O4S/c1-8-6-15(7-9(2)19-8)13(17)14-10-4-5-20-11(10)12(16)18-3/h4-5,8-9H,6-7H2,1-3H3,(H,14,17)/t8-,9-/m1/s1. The van der Waals surface area contributed by atoms with E-state index < -0.39 is 5.97 Å². The van der Waals surface area contributed by atoms with E-state index in [0.717, 1.165) is 0 Å². The number of carbonyl (C=O) groups excluding carboxylic acids is 2. The van der Waals surface area contributed by atoms with Gasteiger partial charge in [0.25, 0.3) is 0 Å². The van der Waals surface area contributed by atoms with Crippen LogP contribution in [0.25, 0.3) is 0 Å². The van der Waals surface area contributed by atoms with Crippen molar-refractivity contribution in [2.75, 3.05) is 25.5 Å². The zero-order valence-electron chi connectivity index (χ0n) is 11.7. The van der Waals surface area contributed by atoms with E-state index in [-0.39, 0.29) is 18.2 Å². The summed E-state index contributed by atoms with van der Waals surface area (Å²) in [4.78, 5) is 25.9. The van der Waals surface area contributed by atoms with E-state index >= 15 is 0 Å². The second-order valence-electron chi connectivity index (χ2n) is 4.75. The topological polar surface area (TPSA) is 67.9 Å². The van der Waals surface area contributed by atoms with Gasteiger partial charge in [0, 0.05) is 13.1 Å². The lowest BCUT2D eigenvalue weighted by atomic mass is 10.2. The van der Waals surface area contributed by atoms with E-state index in [2.05, 4.69) is 10.1 Å². The predicted octanol–water partition coefficient (Wildman–Crippen LogP) is 2.18. The lowest BCUT2D eigenvalue weighted by Crippen LogP contribution is -2.49. The number of hydrogen-bond donors (Lipinski definition) is 1. The number of esters is 1. The summed E-state index contributed by atoms with van der Waals surface area (Å²) in [6.07, 6.45) is 0.0131. The highest BCUT2D eigenvalue weighted by Crippen LogP contribution is 2.24. The molecule has 1 N–H and O–H groups in total. The Kier molecular flexibility index (Phi) is 4.61. The van der Waals surface area contributed by atoms with Crippen LogP contribution in [0.5, 0.6) is 0 Å². The fourth-order valence-corrected chi connectivity index (χ4v) is 2.96. The molecule has 1 aliphatic heterocycles. The largest absolute Gasteiger partial charge is 0.465 e. The van der Waals surface area contributed by atoms with Crippen LogP contribution in [-0.2, 0) is 9.47 Å². The van der Waals surface area contributed by atoms with Gasteiger partial charge in [-0.2, -0.15) is 0 Å². The number of thiophene rings is 1. The molecule has 0 aliphatic carbocycles. The number of urea groups is 1. The minimum Gasteiger partial charge on any atom is -0.465 e. The smallest absolute Gasteiger partial charge is 0.350 e. The molecule has 0 unspecified atom stereocenters. The van der Waals surface area contributed by atoms with Crippen molar-refractivity contribution >= 4 is 29.0 Å². The summed E-state index contributed by atoms with van der Waals surface area (Å²) in [6, 6.07) is 1.47. The van der Waals surface area contributed by atoms with Gasteiger partial charge in [0.2, 0.25) is 0 Å². The Balaban J connectivity index is 2.04. The summed E-state index contributed by atoms with van der Waals surface area (Å²) in [5, 5.41) is 4.50. The van der Waals surface area contributed by atoms with E-state index in [1.54, 1.807) is 16.3 Å². The Morgan fingerprint density at radius 2 is 2.05 bits per heavy atom. The number of nitrogens with one attached hydrogen (secondary N) is 1. The molecule has 0 aromatic carbocycles. The summed E-state index contributed by atoms with van der Waals surface area (Å²) in [5.41, 5.74) is 0.485. The number of carbonyl (C=O) groups is 2. The number of nitrogens with zero attached hydrogens (tertiary/aromatic N) is 1. The fraction of sp³-hybridized carbons (Fsp3) is 0.538. The first kappa shape index (κ1) is 14.8. The highest BCUT2D eigenvalue weighted by molar-refractivity contribution is 7.12. The normalized spacial score (nSPS) is 22.4. The third kappa shape index (κ3) is 3.29. The zero-order chi connectivity index (χ0) is 14.7. The lowest BCUT2D eigenvalue weighted by molar-refractivity contribution is -0.0530. The van der Waals surface area contributed by atoms with E-state index in [4.69, 9.17) is 4.74 Å². The number of amides is 2. The minimum absolute atomic E-state index is 0.00653. The monoisotopic (exact) mass is 298 g/mol. The van der Waals surface area contributed by atoms with Gasteiger partial charge in [-0.05, 0) is 25.3 Å². The minimum atomic E-state index is -0.445. The van der Waals surface area contributed by atoms with Crippen LogP contribution in [0.2, 0.25) is 0 Å². The van der Waals surface area contributed by atoms with Crippen molar-refractivity contribution in [1.82, 2.24) is 4.90 Å². The van der Waals surface area contributed by atoms with E-state index in [9.17, 15) is 9.59 Å². The highest BCUT2D eigenvalue weighted by atomic mass is 32.1. The van der Waals surface area contributed by atoms with Crippen molar-refractivity contribution < 1.29 is 19.1 Å². The van der Waals surface area contributed by atoms with Crippen molar-refractivity contribution in [2.24, 2.45) is 0 Å². The van der Waals surface area contributed by atoms with Crippen LogP contribution in [0, 0.1) is 0 Å². The number of ether oxygens (including phenoxy) is 2. The molecule has 0 spiro atoms. The quantitative estimate of drug-likeness (QED) is 0.850. The van der Waals surface area contributed by atoms with Gasteiger partial charge in [-0.25, -0.2) is 9.59 Å².